The molecular formula is C44H75N2O5+. The molecule has 0 aromatic rings. The van der Waals surface area contributed by atoms with Crippen LogP contribution in [0.15, 0.2) is 0 Å². The van der Waals surface area contributed by atoms with Gasteiger partial charge in [0.1, 0.15) is 17.7 Å². The number of ether oxygens (including phenoxy) is 1. The lowest BCUT2D eigenvalue weighted by atomic mass is 9.60. The van der Waals surface area contributed by atoms with Crippen LogP contribution >= 0.6 is 0 Å². The minimum atomic E-state index is -0.521. The molecule has 4 aliphatic carbocycles. The first kappa shape index (κ1) is 40.9. The van der Waals surface area contributed by atoms with Gasteiger partial charge < -0.3 is 20.3 Å². The van der Waals surface area contributed by atoms with E-state index in [1.54, 1.807) is 7.11 Å². The van der Waals surface area contributed by atoms with Crippen LogP contribution < -0.4 is 11.1 Å². The standard InChI is InChI=1S/C44H74N2O5/c1-5-8-34(27-47)35-21-30(19-29-17-18-46-44(45)22-29)20-32-14-16-38(37-10-7-6-9-31(37)12-11-28(2)3)39-26-42(50)43(51-4)24-33(39)13-15-36(48)25-41(49)40(32)23-35/h28-35,37-40,42-44,46-47,50H,5-13,15,17-27,45H2,1-4H3/p+1. The van der Waals surface area contributed by atoms with E-state index in [-0.39, 0.29) is 78.3 Å². The molecule has 3 saturated carbocycles. The van der Waals surface area contributed by atoms with E-state index in [0.29, 0.717) is 42.4 Å². The first-order chi connectivity index (χ1) is 24.6. The van der Waals surface area contributed by atoms with Crippen LogP contribution in [-0.2, 0) is 14.3 Å². The SMILES string of the molecule is CCCC(CO)C1CC(CC2CC[NH2+]C(N)C2)CC2C#CC(C3CCCCC3CCC(C)C)C3CC(O)C(OC)CC3CCC(=O)CC(=O)C2C1. The molecule has 0 bridgehead atoms. The zero-order chi connectivity index (χ0) is 36.5. The molecule has 0 amide bonds. The number of fused-ring (bicyclic) bond motifs is 2. The number of quaternary nitrogens is 1. The van der Waals surface area contributed by atoms with Gasteiger partial charge in [0.05, 0.1) is 25.2 Å². The van der Waals surface area contributed by atoms with Crippen molar-refractivity contribution in [2.75, 3.05) is 20.3 Å². The first-order valence-electron chi connectivity index (χ1n) is 21.6. The molecule has 7 heteroatoms. The van der Waals surface area contributed by atoms with E-state index in [2.05, 4.69) is 37.9 Å². The number of carbonyl (C=O) groups is 2. The predicted molar refractivity (Wildman–Crippen MR) is 203 cm³/mol. The fraction of sp³-hybridized carbons (Fsp3) is 0.909. The Morgan fingerprint density at radius 1 is 0.941 bits per heavy atom. The highest BCUT2D eigenvalue weighted by molar-refractivity contribution is 6.00. The molecule has 0 aromatic carbocycles. The van der Waals surface area contributed by atoms with Crippen LogP contribution in [0.25, 0.3) is 0 Å². The van der Waals surface area contributed by atoms with Gasteiger partial charge in [-0.15, -0.1) is 0 Å². The van der Waals surface area contributed by atoms with Gasteiger partial charge in [0.25, 0.3) is 0 Å². The Morgan fingerprint density at radius 2 is 1.75 bits per heavy atom. The molecule has 1 aliphatic heterocycles. The minimum Gasteiger partial charge on any atom is -0.396 e. The topological polar surface area (TPSA) is 126 Å². The fourth-order valence-corrected chi connectivity index (χ4v) is 11.8. The molecule has 4 fully saturated rings. The summed E-state index contributed by atoms with van der Waals surface area (Å²) in [5.41, 5.74) is 6.44. The zero-order valence-corrected chi connectivity index (χ0v) is 32.8. The third kappa shape index (κ3) is 11.1. The maximum Gasteiger partial charge on any atom is 0.144 e. The molecule has 14 atom stereocenters. The van der Waals surface area contributed by atoms with Crippen LogP contribution in [0.1, 0.15) is 143 Å². The number of nitrogens with two attached hydrogens (primary N) is 2. The van der Waals surface area contributed by atoms with Gasteiger partial charge >= 0.3 is 0 Å². The van der Waals surface area contributed by atoms with Crippen molar-refractivity contribution in [1.82, 2.24) is 0 Å². The van der Waals surface area contributed by atoms with E-state index >= 15 is 0 Å². The maximum absolute atomic E-state index is 14.4. The second kappa shape index (κ2) is 19.9. The molecule has 1 saturated heterocycles. The van der Waals surface area contributed by atoms with E-state index in [1.807, 2.05) is 0 Å². The highest BCUT2D eigenvalue weighted by Crippen LogP contribution is 2.49. The van der Waals surface area contributed by atoms with E-state index in [9.17, 15) is 19.8 Å². The number of Topliss-reactive ketones (excluding diaryl/α,β-unsaturated/α-hetero) is 2. The molecule has 51 heavy (non-hydrogen) atoms. The van der Waals surface area contributed by atoms with Crippen LogP contribution in [0.5, 0.6) is 0 Å². The van der Waals surface area contributed by atoms with Gasteiger partial charge in [-0.1, -0.05) is 64.7 Å². The van der Waals surface area contributed by atoms with Crippen molar-refractivity contribution >= 4 is 11.6 Å². The summed E-state index contributed by atoms with van der Waals surface area (Å²) in [6.07, 6.45) is 17.4. The van der Waals surface area contributed by atoms with Crippen LogP contribution in [0, 0.1) is 82.9 Å². The minimum absolute atomic E-state index is 0.00215. The number of methoxy groups -OCH3 is 1. The summed E-state index contributed by atoms with van der Waals surface area (Å²) < 4.78 is 5.80. The summed E-state index contributed by atoms with van der Waals surface area (Å²) >= 11 is 0. The number of carbonyl (C=O) groups excluding carboxylic acids is 2. The van der Waals surface area contributed by atoms with Crippen molar-refractivity contribution in [3.05, 3.63) is 0 Å². The van der Waals surface area contributed by atoms with Crippen LogP contribution in [0.3, 0.4) is 0 Å². The molecule has 1 heterocycles. The van der Waals surface area contributed by atoms with Crippen molar-refractivity contribution in [3.8, 4) is 11.8 Å². The second-order valence-corrected chi connectivity index (χ2v) is 18.5. The van der Waals surface area contributed by atoms with Gasteiger partial charge in [0, 0.05) is 44.3 Å². The summed E-state index contributed by atoms with van der Waals surface area (Å²) in [5, 5.41) is 24.3. The molecule has 0 spiro atoms. The Labute approximate surface area is 310 Å². The molecule has 7 nitrogen and oxygen atoms in total. The third-order valence-corrected chi connectivity index (χ3v) is 14.5. The summed E-state index contributed by atoms with van der Waals surface area (Å²) in [5.74, 6) is 11.6. The largest absolute Gasteiger partial charge is 0.396 e. The Balaban J connectivity index is 1.56. The number of ketones is 2. The molecular weight excluding hydrogens is 636 g/mol. The lowest BCUT2D eigenvalue weighted by Crippen LogP contribution is -2.94. The van der Waals surface area contributed by atoms with Crippen molar-refractivity contribution in [3.63, 3.8) is 0 Å². The Bertz CT molecular complexity index is 1160. The normalized spacial score (nSPS) is 40.5. The van der Waals surface area contributed by atoms with Crippen molar-refractivity contribution < 1.29 is 29.9 Å². The quantitative estimate of drug-likeness (QED) is 0.148. The summed E-state index contributed by atoms with van der Waals surface area (Å²) in [7, 11) is 1.70. The first-order valence-corrected chi connectivity index (χ1v) is 21.6. The highest BCUT2D eigenvalue weighted by atomic mass is 16.5. The Hall–Kier alpha value is -1.30. The smallest absolute Gasteiger partial charge is 0.144 e. The molecule has 6 N–H and O–H groups in total. The second-order valence-electron chi connectivity index (χ2n) is 18.5. The number of rotatable bonds is 11. The lowest BCUT2D eigenvalue weighted by Gasteiger charge is -2.46. The summed E-state index contributed by atoms with van der Waals surface area (Å²) in [6.45, 7) is 8.08. The van der Waals surface area contributed by atoms with E-state index in [4.69, 9.17) is 10.5 Å². The average molecular weight is 712 g/mol. The van der Waals surface area contributed by atoms with Crippen molar-refractivity contribution in [1.29, 1.82) is 0 Å². The highest BCUT2D eigenvalue weighted by Gasteiger charge is 2.45. The molecule has 5 rings (SSSR count). The van der Waals surface area contributed by atoms with Gasteiger partial charge in [-0.2, -0.15) is 0 Å². The third-order valence-electron chi connectivity index (χ3n) is 14.5. The number of hydrogen-bond acceptors (Lipinski definition) is 6. The molecule has 290 valence electrons. The Morgan fingerprint density at radius 3 is 2.47 bits per heavy atom. The van der Waals surface area contributed by atoms with Gasteiger partial charge in [0.15, 0.2) is 0 Å². The monoisotopic (exact) mass is 712 g/mol. The van der Waals surface area contributed by atoms with E-state index in [1.165, 1.54) is 44.9 Å². The van der Waals surface area contributed by atoms with Crippen molar-refractivity contribution in [2.24, 2.45) is 76.7 Å². The summed E-state index contributed by atoms with van der Waals surface area (Å²) in [4.78, 5) is 28.0. The lowest BCUT2D eigenvalue weighted by molar-refractivity contribution is -0.699. The van der Waals surface area contributed by atoms with Gasteiger partial charge in [-0.25, -0.2) is 0 Å². The number of aliphatic hydroxyl groups excluding tert-OH is 2. The van der Waals surface area contributed by atoms with Gasteiger partial charge in [0.2, 0.25) is 0 Å². The van der Waals surface area contributed by atoms with Crippen LogP contribution in [0.2, 0.25) is 0 Å². The van der Waals surface area contributed by atoms with E-state index in [0.717, 1.165) is 64.3 Å². The molecule has 5 aliphatic rings. The molecule has 14 unspecified atom stereocenters. The number of aliphatic hydroxyl groups is 2. The number of piperidine rings is 1. The van der Waals surface area contributed by atoms with Crippen LogP contribution in [0.4, 0.5) is 0 Å². The van der Waals surface area contributed by atoms with Crippen LogP contribution in [-0.4, -0.2) is 60.4 Å². The predicted octanol–water partition coefficient (Wildman–Crippen LogP) is 6.28. The van der Waals surface area contributed by atoms with Crippen molar-refractivity contribution in [2.45, 2.75) is 161 Å². The van der Waals surface area contributed by atoms with Gasteiger partial charge in [-0.3, -0.25) is 15.3 Å². The van der Waals surface area contributed by atoms with E-state index < -0.39 is 6.10 Å². The number of hydrogen-bond donors (Lipinski definition) is 4. The average Bonchev–Trinajstić information content (AvgIpc) is 3.28. The molecule has 0 radical (unpaired) electrons. The Kier molecular flexibility index (Phi) is 15.9. The summed E-state index contributed by atoms with van der Waals surface area (Å²) in [6, 6.07) is 0. The molecule has 0 aromatic heterocycles. The van der Waals surface area contributed by atoms with Gasteiger partial charge in [-0.05, 0) is 124 Å². The fourth-order valence-electron chi connectivity index (χ4n) is 11.8. The maximum atomic E-state index is 14.4. The zero-order valence-electron chi connectivity index (χ0n) is 32.8.